The van der Waals surface area contributed by atoms with E-state index in [4.69, 9.17) is 0 Å². The van der Waals surface area contributed by atoms with Crippen LogP contribution < -0.4 is 5.32 Å². The van der Waals surface area contributed by atoms with E-state index in [1.165, 1.54) is 16.7 Å². The number of nitrogens with one attached hydrogen (secondary N) is 1. The number of hydrogen-bond donors (Lipinski definition) is 1. The van der Waals surface area contributed by atoms with Gasteiger partial charge in [-0.05, 0) is 81.5 Å². The van der Waals surface area contributed by atoms with E-state index in [2.05, 4.69) is 40.6 Å². The number of likely N-dealkylation sites (tertiary alicyclic amines) is 1. The first-order valence-electron chi connectivity index (χ1n) is 12.1. The van der Waals surface area contributed by atoms with Crippen LogP contribution in [0.1, 0.15) is 48.8 Å². The summed E-state index contributed by atoms with van der Waals surface area (Å²) in [6.07, 6.45) is 1.85. The summed E-state index contributed by atoms with van der Waals surface area (Å²) in [6.45, 7) is 5.23. The zero-order valence-corrected chi connectivity index (χ0v) is 19.9. The molecule has 35 heavy (non-hydrogen) atoms. The minimum Gasteiger partial charge on any atom is -0.320 e. The Morgan fingerprint density at radius 3 is 2.46 bits per heavy atom. The summed E-state index contributed by atoms with van der Waals surface area (Å²) in [7, 11) is 0. The number of benzene rings is 2. The van der Waals surface area contributed by atoms with Crippen molar-refractivity contribution in [3.63, 3.8) is 0 Å². The molecule has 1 atom stereocenters. The number of nitrogens with zero attached hydrogens (tertiary/aromatic N) is 2. The number of carbonyl (C=O) groups excluding carboxylic acids is 1. The molecule has 1 unspecified atom stereocenters. The molecule has 1 saturated heterocycles. The van der Waals surface area contributed by atoms with Crippen molar-refractivity contribution in [2.45, 2.75) is 51.2 Å². The molecule has 2 aliphatic rings. The second kappa shape index (κ2) is 10.8. The van der Waals surface area contributed by atoms with Gasteiger partial charge in [0.2, 0.25) is 0 Å². The molecular weight excluding hydrogens is 458 g/mol. The second-order valence-corrected chi connectivity index (χ2v) is 9.39. The molecule has 188 valence electrons. The van der Waals surface area contributed by atoms with Gasteiger partial charge in [0.25, 0.3) is 0 Å². The number of aryl methyl sites for hydroxylation is 1. The molecule has 0 saturated carbocycles. The monoisotopic (exact) mass is 489 g/mol. The number of rotatable bonds is 6. The average molecular weight is 490 g/mol. The van der Waals surface area contributed by atoms with Crippen LogP contribution in [0.25, 0.3) is 5.57 Å². The van der Waals surface area contributed by atoms with Crippen LogP contribution in [0.15, 0.2) is 48.5 Å². The predicted molar refractivity (Wildman–Crippen MR) is 130 cm³/mol. The van der Waals surface area contributed by atoms with Crippen molar-refractivity contribution in [3.05, 3.63) is 71.0 Å². The van der Waals surface area contributed by atoms with Crippen molar-refractivity contribution in [2.24, 2.45) is 0 Å². The fraction of sp³-hybridized carbons (Fsp3) is 0.444. The maximum atomic E-state index is 13.7. The summed E-state index contributed by atoms with van der Waals surface area (Å²) in [5.74, 6) is -1.36. The molecule has 8 heteroatoms. The molecule has 0 aromatic heterocycles. The number of anilines is 1. The smallest absolute Gasteiger partial charge is 0.320 e. The van der Waals surface area contributed by atoms with Crippen LogP contribution >= 0.6 is 0 Å². The van der Waals surface area contributed by atoms with E-state index in [-0.39, 0.29) is 11.7 Å². The van der Waals surface area contributed by atoms with E-state index >= 15 is 0 Å². The first-order chi connectivity index (χ1) is 16.7. The van der Waals surface area contributed by atoms with Gasteiger partial charge in [-0.25, -0.2) is 9.18 Å². The van der Waals surface area contributed by atoms with Crippen molar-refractivity contribution < 1.29 is 22.4 Å². The molecule has 1 N–H and O–H groups in total. The Kier molecular flexibility index (Phi) is 7.79. The highest BCUT2D eigenvalue weighted by Crippen LogP contribution is 2.34. The number of hydrogen-bond acceptors (Lipinski definition) is 2. The van der Waals surface area contributed by atoms with Gasteiger partial charge in [0.15, 0.2) is 0 Å². The first-order valence-corrected chi connectivity index (χ1v) is 12.1. The van der Waals surface area contributed by atoms with Crippen LogP contribution in [0.4, 0.5) is 28.0 Å². The third-order valence-electron chi connectivity index (χ3n) is 6.89. The van der Waals surface area contributed by atoms with Crippen LogP contribution in [0, 0.1) is 12.7 Å². The summed E-state index contributed by atoms with van der Waals surface area (Å²) < 4.78 is 53.1. The highest BCUT2D eigenvalue weighted by Gasteiger charge is 2.35. The highest BCUT2D eigenvalue weighted by molar-refractivity contribution is 5.89. The number of amides is 2. The average Bonchev–Trinajstić information content (AvgIpc) is 3.34. The van der Waals surface area contributed by atoms with E-state index in [1.54, 1.807) is 4.90 Å². The van der Waals surface area contributed by atoms with Crippen molar-refractivity contribution in [1.82, 2.24) is 9.80 Å². The molecule has 2 aromatic carbocycles. The Balaban J connectivity index is 1.49. The lowest BCUT2D eigenvalue weighted by molar-refractivity contribution is -0.139. The van der Waals surface area contributed by atoms with Gasteiger partial charge in [0.1, 0.15) is 5.82 Å². The van der Waals surface area contributed by atoms with E-state index in [0.717, 1.165) is 57.5 Å². The van der Waals surface area contributed by atoms with E-state index < -0.39 is 23.6 Å². The fourth-order valence-corrected chi connectivity index (χ4v) is 4.85. The summed E-state index contributed by atoms with van der Waals surface area (Å²) >= 11 is 0. The molecule has 1 aliphatic heterocycles. The van der Waals surface area contributed by atoms with Crippen molar-refractivity contribution >= 4 is 17.3 Å². The van der Waals surface area contributed by atoms with E-state index in [9.17, 15) is 22.4 Å². The van der Waals surface area contributed by atoms with Gasteiger partial charge < -0.3 is 15.1 Å². The molecule has 2 aromatic rings. The van der Waals surface area contributed by atoms with Crippen LogP contribution in [-0.2, 0) is 6.18 Å². The molecular formula is C27H31F4N3O. The Morgan fingerprint density at radius 1 is 1.11 bits per heavy atom. The highest BCUT2D eigenvalue weighted by atomic mass is 19.4. The standard InChI is InChI=1S/C27H31F4N3O/c1-19-4-6-20(7-5-19)21-8-11-23(12-9-21)34(17-16-33-14-2-3-15-33)26(35)32-22-10-13-25(28)24(18-22)27(29,30)31/h4-8,10,13,18,23H,2-3,9,11-12,14-17H2,1H3,(H,32,35). The number of alkyl halides is 3. The molecule has 0 bridgehead atoms. The SMILES string of the molecule is Cc1ccc(C2=CCC(N(CCN3CCCC3)C(=O)Nc3ccc(F)c(C(F)(F)F)c3)CC2)cc1. The third kappa shape index (κ3) is 6.42. The first kappa shape index (κ1) is 25.2. The third-order valence-corrected chi connectivity index (χ3v) is 6.89. The number of carbonyl (C=O) groups is 1. The molecule has 1 heterocycles. The fourth-order valence-electron chi connectivity index (χ4n) is 4.85. The molecule has 2 amide bonds. The normalized spacial score (nSPS) is 18.9. The van der Waals surface area contributed by atoms with E-state index in [0.29, 0.717) is 19.0 Å². The van der Waals surface area contributed by atoms with E-state index in [1.807, 2.05) is 6.92 Å². The van der Waals surface area contributed by atoms with Gasteiger partial charge >= 0.3 is 12.2 Å². The Bertz CT molecular complexity index is 1060. The molecule has 1 fully saturated rings. The Labute approximate surface area is 203 Å². The lowest BCUT2D eigenvalue weighted by atomic mass is 9.89. The molecule has 0 spiro atoms. The maximum Gasteiger partial charge on any atom is 0.419 e. The van der Waals surface area contributed by atoms with Crippen molar-refractivity contribution in [1.29, 1.82) is 0 Å². The lowest BCUT2D eigenvalue weighted by Gasteiger charge is -2.35. The quantitative estimate of drug-likeness (QED) is 0.458. The minimum absolute atomic E-state index is 0.0608. The van der Waals surface area contributed by atoms with Gasteiger partial charge in [0, 0.05) is 24.8 Å². The van der Waals surface area contributed by atoms with Gasteiger partial charge in [-0.3, -0.25) is 0 Å². The maximum absolute atomic E-state index is 13.7. The van der Waals surface area contributed by atoms with Gasteiger partial charge in [-0.15, -0.1) is 0 Å². The van der Waals surface area contributed by atoms with Crippen LogP contribution in [0.3, 0.4) is 0 Å². The topological polar surface area (TPSA) is 35.6 Å². The molecule has 1 aliphatic carbocycles. The van der Waals surface area contributed by atoms with Gasteiger partial charge in [-0.2, -0.15) is 13.2 Å². The van der Waals surface area contributed by atoms with Gasteiger partial charge in [-0.1, -0.05) is 35.9 Å². The number of allylic oxidation sites excluding steroid dienone is 1. The molecule has 0 radical (unpaired) electrons. The number of urea groups is 1. The number of halogens is 4. The summed E-state index contributed by atoms with van der Waals surface area (Å²) in [5, 5.41) is 2.58. The van der Waals surface area contributed by atoms with Crippen LogP contribution in [-0.4, -0.2) is 48.1 Å². The minimum atomic E-state index is -4.83. The van der Waals surface area contributed by atoms with Crippen LogP contribution in [0.2, 0.25) is 0 Å². The molecule has 4 rings (SSSR count). The van der Waals surface area contributed by atoms with Crippen molar-refractivity contribution in [3.8, 4) is 0 Å². The summed E-state index contributed by atoms with van der Waals surface area (Å²) in [6, 6.07) is 10.4. The van der Waals surface area contributed by atoms with Gasteiger partial charge in [0.05, 0.1) is 5.56 Å². The summed E-state index contributed by atoms with van der Waals surface area (Å²) in [5.41, 5.74) is 2.16. The zero-order chi connectivity index (χ0) is 25.0. The Hall–Kier alpha value is -2.87. The summed E-state index contributed by atoms with van der Waals surface area (Å²) in [4.78, 5) is 17.3. The second-order valence-electron chi connectivity index (χ2n) is 9.39. The predicted octanol–water partition coefficient (Wildman–Crippen LogP) is 6.72. The molecule has 4 nitrogen and oxygen atoms in total. The zero-order valence-electron chi connectivity index (χ0n) is 19.9. The van der Waals surface area contributed by atoms with Crippen LogP contribution in [0.5, 0.6) is 0 Å². The van der Waals surface area contributed by atoms with Crippen molar-refractivity contribution in [2.75, 3.05) is 31.5 Å². The largest absolute Gasteiger partial charge is 0.419 e. The lowest BCUT2D eigenvalue weighted by Crippen LogP contribution is -2.47. The Morgan fingerprint density at radius 2 is 1.83 bits per heavy atom.